The highest BCUT2D eigenvalue weighted by molar-refractivity contribution is 6.45. The number of nitrogens with zero attached hydrogens (tertiary/aromatic N) is 3. The molecule has 0 unspecified atom stereocenters. The minimum Gasteiger partial charge on any atom is -0.493 e. The lowest BCUT2D eigenvalue weighted by Crippen LogP contribution is -2.47. The summed E-state index contributed by atoms with van der Waals surface area (Å²) in [5.74, 6) is 0.503. The summed E-state index contributed by atoms with van der Waals surface area (Å²) in [6, 6.07) is 11.2. The van der Waals surface area contributed by atoms with E-state index in [1.165, 1.54) is 4.90 Å². The maximum absolute atomic E-state index is 13.8. The van der Waals surface area contributed by atoms with E-state index in [4.69, 9.17) is 9.47 Å². The van der Waals surface area contributed by atoms with Crippen molar-refractivity contribution in [2.75, 3.05) is 51.8 Å². The molecule has 7 heteroatoms. The number of methoxy groups -OCH3 is 2. The first-order valence-electron chi connectivity index (χ1n) is 11.3. The first-order chi connectivity index (χ1) is 15.9. The number of anilines is 1. The summed E-state index contributed by atoms with van der Waals surface area (Å²) in [7, 11) is 3.13. The minimum absolute atomic E-state index is 0.275. The average Bonchev–Trinajstić information content (AvgIpc) is 3.09. The fourth-order valence-corrected chi connectivity index (χ4v) is 4.53. The van der Waals surface area contributed by atoms with E-state index >= 15 is 0 Å². The summed E-state index contributed by atoms with van der Waals surface area (Å²) in [6.45, 7) is 10.1. The smallest absolute Gasteiger partial charge is 0.282 e. The van der Waals surface area contributed by atoms with E-state index in [1.807, 2.05) is 38.1 Å². The standard InChI is InChI=1S/C26H31N3O4/c1-6-27-11-13-28(14-12-27)24-23(19-9-10-21(32-4)22(16-19)33-5)25(30)29(26(24)31)20-15-17(2)7-8-18(20)3/h7-10,15-16H,6,11-14H2,1-5H3. The van der Waals surface area contributed by atoms with Crippen molar-refractivity contribution in [3.63, 3.8) is 0 Å². The lowest BCUT2D eigenvalue weighted by molar-refractivity contribution is -0.120. The van der Waals surface area contributed by atoms with Crippen LogP contribution in [0.1, 0.15) is 23.6 Å². The molecule has 0 bridgehead atoms. The van der Waals surface area contributed by atoms with Gasteiger partial charge in [-0.25, -0.2) is 4.90 Å². The number of hydrogen-bond donors (Lipinski definition) is 0. The number of amides is 2. The topological polar surface area (TPSA) is 62.3 Å². The predicted octanol–water partition coefficient (Wildman–Crippen LogP) is 3.24. The third-order valence-electron chi connectivity index (χ3n) is 6.47. The van der Waals surface area contributed by atoms with Crippen LogP contribution in [0.5, 0.6) is 11.5 Å². The molecule has 4 rings (SSSR count). The fourth-order valence-electron chi connectivity index (χ4n) is 4.53. The highest BCUT2D eigenvalue weighted by Crippen LogP contribution is 2.39. The summed E-state index contributed by atoms with van der Waals surface area (Å²) in [6.07, 6.45) is 0. The number of carbonyl (C=O) groups excluding carboxylic acids is 2. The molecule has 2 aromatic rings. The number of carbonyl (C=O) groups is 2. The maximum Gasteiger partial charge on any atom is 0.282 e. The summed E-state index contributed by atoms with van der Waals surface area (Å²) in [5, 5.41) is 0. The van der Waals surface area contributed by atoms with E-state index in [-0.39, 0.29) is 11.8 Å². The summed E-state index contributed by atoms with van der Waals surface area (Å²) in [4.78, 5) is 33.4. The van der Waals surface area contributed by atoms with Crippen LogP contribution < -0.4 is 14.4 Å². The van der Waals surface area contributed by atoms with Crippen molar-refractivity contribution < 1.29 is 19.1 Å². The summed E-state index contributed by atoms with van der Waals surface area (Å²) < 4.78 is 10.8. The van der Waals surface area contributed by atoms with Gasteiger partial charge < -0.3 is 19.3 Å². The number of rotatable bonds is 6. The lowest BCUT2D eigenvalue weighted by Gasteiger charge is -2.36. The molecule has 7 nitrogen and oxygen atoms in total. The molecule has 33 heavy (non-hydrogen) atoms. The molecule has 0 atom stereocenters. The number of imide groups is 1. The zero-order chi connectivity index (χ0) is 23.7. The third kappa shape index (κ3) is 4.09. The second-order valence-corrected chi connectivity index (χ2v) is 8.45. The SMILES string of the molecule is CCN1CCN(C2=C(c3ccc(OC)c(OC)c3)C(=O)N(c3cc(C)ccc3C)C2=O)CC1. The van der Waals surface area contributed by atoms with Gasteiger partial charge in [0, 0.05) is 26.2 Å². The van der Waals surface area contributed by atoms with Crippen LogP contribution in [0.15, 0.2) is 42.1 Å². The quantitative estimate of drug-likeness (QED) is 0.631. The Kier molecular flexibility index (Phi) is 6.42. The second kappa shape index (κ2) is 9.27. The van der Waals surface area contributed by atoms with Gasteiger partial charge in [0.1, 0.15) is 5.70 Å². The predicted molar refractivity (Wildman–Crippen MR) is 129 cm³/mol. The zero-order valence-corrected chi connectivity index (χ0v) is 20.0. The molecular weight excluding hydrogens is 418 g/mol. The number of ether oxygens (including phenoxy) is 2. The molecule has 0 aromatic heterocycles. The zero-order valence-electron chi connectivity index (χ0n) is 20.0. The van der Waals surface area contributed by atoms with Crippen molar-refractivity contribution >= 4 is 23.1 Å². The molecule has 0 N–H and O–H groups in total. The molecule has 0 aliphatic carbocycles. The van der Waals surface area contributed by atoms with Crippen molar-refractivity contribution in [3.8, 4) is 11.5 Å². The Morgan fingerprint density at radius 2 is 1.55 bits per heavy atom. The largest absolute Gasteiger partial charge is 0.493 e. The van der Waals surface area contributed by atoms with E-state index < -0.39 is 0 Å². The van der Waals surface area contributed by atoms with Crippen LogP contribution in [0.2, 0.25) is 0 Å². The van der Waals surface area contributed by atoms with Gasteiger partial charge in [-0.2, -0.15) is 0 Å². The third-order valence-corrected chi connectivity index (χ3v) is 6.47. The Labute approximate surface area is 195 Å². The minimum atomic E-state index is -0.311. The van der Waals surface area contributed by atoms with Gasteiger partial charge in [0.2, 0.25) is 0 Å². The van der Waals surface area contributed by atoms with Crippen LogP contribution >= 0.6 is 0 Å². The van der Waals surface area contributed by atoms with Crippen LogP contribution in [-0.4, -0.2) is 68.6 Å². The fraction of sp³-hybridized carbons (Fsp3) is 0.385. The molecule has 0 radical (unpaired) electrons. The van der Waals surface area contributed by atoms with Gasteiger partial charge in [-0.1, -0.05) is 25.1 Å². The Morgan fingerprint density at radius 1 is 0.848 bits per heavy atom. The van der Waals surface area contributed by atoms with Crippen LogP contribution in [0.25, 0.3) is 5.57 Å². The van der Waals surface area contributed by atoms with Crippen LogP contribution in [-0.2, 0) is 9.59 Å². The van der Waals surface area contributed by atoms with E-state index in [1.54, 1.807) is 26.4 Å². The van der Waals surface area contributed by atoms with Crippen LogP contribution in [0.4, 0.5) is 5.69 Å². The Balaban J connectivity index is 1.84. The maximum atomic E-state index is 13.8. The van der Waals surface area contributed by atoms with Crippen molar-refractivity contribution in [3.05, 3.63) is 58.8 Å². The van der Waals surface area contributed by atoms with Gasteiger partial charge in [-0.05, 0) is 55.3 Å². The highest BCUT2D eigenvalue weighted by atomic mass is 16.5. The van der Waals surface area contributed by atoms with Crippen molar-refractivity contribution in [2.24, 2.45) is 0 Å². The van der Waals surface area contributed by atoms with Gasteiger partial charge in [0.05, 0.1) is 25.5 Å². The molecule has 0 saturated carbocycles. The van der Waals surface area contributed by atoms with E-state index in [0.29, 0.717) is 47.1 Å². The van der Waals surface area contributed by atoms with Crippen molar-refractivity contribution in [1.29, 1.82) is 0 Å². The molecule has 0 spiro atoms. The van der Waals surface area contributed by atoms with Gasteiger partial charge in [0.15, 0.2) is 11.5 Å². The van der Waals surface area contributed by atoms with Gasteiger partial charge >= 0.3 is 0 Å². The molecule has 2 aromatic carbocycles. The van der Waals surface area contributed by atoms with Crippen LogP contribution in [0, 0.1) is 13.8 Å². The first-order valence-corrected chi connectivity index (χ1v) is 11.3. The molecule has 2 amide bonds. The molecule has 2 aliphatic heterocycles. The monoisotopic (exact) mass is 449 g/mol. The van der Waals surface area contributed by atoms with Gasteiger partial charge in [-0.15, -0.1) is 0 Å². The highest BCUT2D eigenvalue weighted by Gasteiger charge is 2.43. The summed E-state index contributed by atoms with van der Waals surface area (Å²) in [5.41, 5.74) is 4.02. The Hall–Kier alpha value is -3.32. The lowest BCUT2D eigenvalue weighted by atomic mass is 10.0. The van der Waals surface area contributed by atoms with E-state index in [0.717, 1.165) is 30.8 Å². The molecule has 2 heterocycles. The second-order valence-electron chi connectivity index (χ2n) is 8.45. The molecule has 1 saturated heterocycles. The van der Waals surface area contributed by atoms with E-state index in [2.05, 4.69) is 16.7 Å². The first kappa shape index (κ1) is 22.9. The number of likely N-dealkylation sites (N-methyl/N-ethyl adjacent to an activating group) is 1. The van der Waals surface area contributed by atoms with Gasteiger partial charge in [0.25, 0.3) is 11.8 Å². The number of benzene rings is 2. The number of piperazine rings is 1. The Bertz CT molecular complexity index is 1120. The number of hydrogen-bond acceptors (Lipinski definition) is 6. The van der Waals surface area contributed by atoms with Crippen LogP contribution in [0.3, 0.4) is 0 Å². The molecular formula is C26H31N3O4. The molecule has 174 valence electrons. The van der Waals surface area contributed by atoms with Crippen molar-refractivity contribution in [1.82, 2.24) is 9.80 Å². The average molecular weight is 450 g/mol. The van der Waals surface area contributed by atoms with E-state index in [9.17, 15) is 9.59 Å². The normalized spacial score (nSPS) is 17.2. The Morgan fingerprint density at radius 3 is 2.18 bits per heavy atom. The molecule has 1 fully saturated rings. The van der Waals surface area contributed by atoms with Crippen molar-refractivity contribution in [2.45, 2.75) is 20.8 Å². The summed E-state index contributed by atoms with van der Waals surface area (Å²) >= 11 is 0. The molecule has 2 aliphatic rings. The van der Waals surface area contributed by atoms with Gasteiger partial charge in [-0.3, -0.25) is 9.59 Å². The number of aryl methyl sites for hydroxylation is 2.